The summed E-state index contributed by atoms with van der Waals surface area (Å²) in [5.41, 5.74) is 2.42. The predicted molar refractivity (Wildman–Crippen MR) is 86.5 cm³/mol. The highest BCUT2D eigenvalue weighted by atomic mass is 16.5. The average Bonchev–Trinajstić information content (AvgIpc) is 2.45. The van der Waals surface area contributed by atoms with E-state index in [4.69, 9.17) is 9.47 Å². The Kier molecular flexibility index (Phi) is 6.07. The Morgan fingerprint density at radius 3 is 2.48 bits per heavy atom. The van der Waals surface area contributed by atoms with Gasteiger partial charge >= 0.3 is 0 Å². The van der Waals surface area contributed by atoms with Gasteiger partial charge in [-0.3, -0.25) is 0 Å². The molecule has 21 heavy (non-hydrogen) atoms. The van der Waals surface area contributed by atoms with E-state index in [0.717, 1.165) is 29.7 Å². The molecule has 1 aromatic rings. The van der Waals surface area contributed by atoms with Gasteiger partial charge in [-0.1, -0.05) is 19.9 Å². The average molecular weight is 291 g/mol. The van der Waals surface area contributed by atoms with Crippen molar-refractivity contribution in [2.75, 3.05) is 14.2 Å². The van der Waals surface area contributed by atoms with Crippen molar-refractivity contribution in [3.8, 4) is 5.75 Å². The lowest BCUT2D eigenvalue weighted by atomic mass is 9.82. The summed E-state index contributed by atoms with van der Waals surface area (Å²) in [6.07, 6.45) is 4.09. The number of hydrogen-bond donors (Lipinski definition) is 1. The molecule has 3 nitrogen and oxygen atoms in total. The van der Waals surface area contributed by atoms with Crippen molar-refractivity contribution in [2.24, 2.45) is 11.8 Å². The molecular weight excluding hydrogens is 262 g/mol. The molecule has 1 aliphatic rings. The number of nitrogens with one attached hydrogen (secondary N) is 1. The molecule has 0 saturated heterocycles. The third-order valence-electron chi connectivity index (χ3n) is 4.34. The van der Waals surface area contributed by atoms with Crippen LogP contribution in [0.4, 0.5) is 0 Å². The molecule has 0 radical (unpaired) electrons. The van der Waals surface area contributed by atoms with E-state index in [2.05, 4.69) is 31.3 Å². The van der Waals surface area contributed by atoms with Gasteiger partial charge in [-0.05, 0) is 55.8 Å². The molecule has 0 aliphatic heterocycles. The van der Waals surface area contributed by atoms with E-state index in [1.807, 2.05) is 13.1 Å². The highest BCUT2D eigenvalue weighted by Gasteiger charge is 2.24. The first kappa shape index (κ1) is 16.3. The summed E-state index contributed by atoms with van der Waals surface area (Å²) in [5, 5.41) is 3.18. The van der Waals surface area contributed by atoms with Gasteiger partial charge in [-0.2, -0.15) is 0 Å². The molecule has 0 bridgehead atoms. The highest BCUT2D eigenvalue weighted by molar-refractivity contribution is 5.36. The maximum atomic E-state index is 6.19. The van der Waals surface area contributed by atoms with E-state index in [9.17, 15) is 0 Å². The Morgan fingerprint density at radius 2 is 1.86 bits per heavy atom. The molecule has 1 fully saturated rings. The molecule has 118 valence electrons. The minimum Gasteiger partial charge on any atom is -0.496 e. The van der Waals surface area contributed by atoms with E-state index in [1.54, 1.807) is 7.11 Å². The van der Waals surface area contributed by atoms with Crippen molar-refractivity contribution in [3.05, 3.63) is 29.3 Å². The highest BCUT2D eigenvalue weighted by Crippen LogP contribution is 2.31. The Balaban J connectivity index is 1.99. The normalized spacial score (nSPS) is 25.8. The maximum Gasteiger partial charge on any atom is 0.124 e. The van der Waals surface area contributed by atoms with Gasteiger partial charge in [0.1, 0.15) is 5.75 Å². The van der Waals surface area contributed by atoms with E-state index < -0.39 is 0 Å². The Labute approximate surface area is 129 Å². The molecule has 0 aromatic heterocycles. The molecule has 1 saturated carbocycles. The van der Waals surface area contributed by atoms with E-state index in [0.29, 0.717) is 12.7 Å². The zero-order chi connectivity index (χ0) is 15.2. The van der Waals surface area contributed by atoms with Gasteiger partial charge in [-0.25, -0.2) is 0 Å². The second kappa shape index (κ2) is 7.81. The number of ether oxygens (including phenoxy) is 2. The smallest absolute Gasteiger partial charge is 0.124 e. The van der Waals surface area contributed by atoms with Crippen molar-refractivity contribution in [1.82, 2.24) is 5.32 Å². The van der Waals surface area contributed by atoms with Gasteiger partial charge in [0.15, 0.2) is 0 Å². The summed E-state index contributed by atoms with van der Waals surface area (Å²) in [6.45, 7) is 6.18. The lowest BCUT2D eigenvalue weighted by Gasteiger charge is -2.31. The predicted octanol–water partition coefficient (Wildman–Crippen LogP) is 3.76. The first-order valence-corrected chi connectivity index (χ1v) is 8.04. The van der Waals surface area contributed by atoms with Gasteiger partial charge < -0.3 is 14.8 Å². The van der Waals surface area contributed by atoms with Gasteiger partial charge in [0.05, 0.1) is 19.8 Å². The Hall–Kier alpha value is -1.06. The summed E-state index contributed by atoms with van der Waals surface area (Å²) < 4.78 is 11.6. The van der Waals surface area contributed by atoms with Crippen LogP contribution < -0.4 is 10.1 Å². The third-order valence-corrected chi connectivity index (χ3v) is 4.34. The van der Waals surface area contributed by atoms with Crippen LogP contribution in [0.3, 0.4) is 0 Å². The monoisotopic (exact) mass is 291 g/mol. The number of hydrogen-bond acceptors (Lipinski definition) is 3. The minimum atomic E-state index is 0.390. The summed E-state index contributed by atoms with van der Waals surface area (Å²) >= 11 is 0. The molecule has 0 heterocycles. The van der Waals surface area contributed by atoms with Crippen molar-refractivity contribution in [2.45, 2.75) is 52.4 Å². The molecule has 3 heteroatoms. The van der Waals surface area contributed by atoms with Crippen LogP contribution in [0.25, 0.3) is 0 Å². The summed E-state index contributed by atoms with van der Waals surface area (Å²) in [6, 6.07) is 6.33. The lowest BCUT2D eigenvalue weighted by molar-refractivity contribution is -0.00979. The Morgan fingerprint density at radius 1 is 1.14 bits per heavy atom. The molecule has 1 aliphatic carbocycles. The maximum absolute atomic E-state index is 6.19. The first-order chi connectivity index (χ1) is 10.1. The van der Waals surface area contributed by atoms with Crippen molar-refractivity contribution in [1.29, 1.82) is 0 Å². The molecule has 1 aromatic carbocycles. The van der Waals surface area contributed by atoms with E-state index >= 15 is 0 Å². The topological polar surface area (TPSA) is 30.5 Å². The fourth-order valence-corrected chi connectivity index (χ4v) is 3.48. The SMILES string of the molecule is CNCc1ccc(OC)c(COC2CC(C)CC(C)C2)c1. The second-order valence-corrected chi connectivity index (χ2v) is 6.53. The van der Waals surface area contributed by atoms with E-state index in [-0.39, 0.29) is 0 Å². The van der Waals surface area contributed by atoms with Gasteiger partial charge in [0.25, 0.3) is 0 Å². The van der Waals surface area contributed by atoms with Crippen LogP contribution in [0.15, 0.2) is 18.2 Å². The molecule has 2 unspecified atom stereocenters. The summed E-state index contributed by atoms with van der Waals surface area (Å²) in [4.78, 5) is 0. The largest absolute Gasteiger partial charge is 0.496 e. The van der Waals surface area contributed by atoms with Gasteiger partial charge in [-0.15, -0.1) is 0 Å². The van der Waals surface area contributed by atoms with Crippen LogP contribution in [0, 0.1) is 11.8 Å². The molecule has 1 N–H and O–H groups in total. The summed E-state index contributed by atoms with van der Waals surface area (Å²) in [7, 11) is 3.69. The second-order valence-electron chi connectivity index (χ2n) is 6.53. The molecule has 0 spiro atoms. The van der Waals surface area contributed by atoms with Crippen molar-refractivity contribution in [3.63, 3.8) is 0 Å². The van der Waals surface area contributed by atoms with Crippen LogP contribution in [-0.4, -0.2) is 20.3 Å². The number of rotatable bonds is 6. The van der Waals surface area contributed by atoms with Crippen LogP contribution in [0.2, 0.25) is 0 Å². The fourth-order valence-electron chi connectivity index (χ4n) is 3.48. The van der Waals surface area contributed by atoms with Crippen LogP contribution in [-0.2, 0) is 17.9 Å². The van der Waals surface area contributed by atoms with Crippen LogP contribution >= 0.6 is 0 Å². The van der Waals surface area contributed by atoms with Crippen LogP contribution in [0.1, 0.15) is 44.2 Å². The van der Waals surface area contributed by atoms with Gasteiger partial charge in [0.2, 0.25) is 0 Å². The van der Waals surface area contributed by atoms with Crippen molar-refractivity contribution < 1.29 is 9.47 Å². The van der Waals surface area contributed by atoms with Crippen molar-refractivity contribution >= 4 is 0 Å². The standard InChI is InChI=1S/C18H29NO2/c1-13-7-14(2)9-17(8-13)21-12-16-10-15(11-19-3)5-6-18(16)20-4/h5-6,10,13-14,17,19H,7-9,11-12H2,1-4H3. The Bertz CT molecular complexity index is 437. The number of benzene rings is 1. The van der Waals surface area contributed by atoms with Gasteiger partial charge in [0, 0.05) is 12.1 Å². The minimum absolute atomic E-state index is 0.390. The summed E-state index contributed by atoms with van der Waals surface area (Å²) in [5.74, 6) is 2.47. The molecule has 2 atom stereocenters. The quantitative estimate of drug-likeness (QED) is 0.865. The fraction of sp³-hybridized carbons (Fsp3) is 0.667. The lowest BCUT2D eigenvalue weighted by Crippen LogP contribution is -2.26. The number of methoxy groups -OCH3 is 1. The molecular formula is C18H29NO2. The van der Waals surface area contributed by atoms with Crippen LogP contribution in [0.5, 0.6) is 5.75 Å². The zero-order valence-electron chi connectivity index (χ0n) is 13.8. The van der Waals surface area contributed by atoms with E-state index in [1.165, 1.54) is 24.8 Å². The third kappa shape index (κ3) is 4.72. The first-order valence-electron chi connectivity index (χ1n) is 8.04. The molecule has 0 amide bonds. The molecule has 2 rings (SSSR count). The zero-order valence-corrected chi connectivity index (χ0v) is 13.8.